The van der Waals surface area contributed by atoms with Crippen LogP contribution in [0.4, 0.5) is 22.0 Å². The molecule has 21 heavy (non-hydrogen) atoms. The smallest absolute Gasteiger partial charge is 0.133 e. The molecule has 0 aliphatic heterocycles. The first kappa shape index (κ1) is 15.4. The van der Waals surface area contributed by atoms with Gasteiger partial charge in [0.1, 0.15) is 29.1 Å². The standard InChI is InChI=1S/C15H12F5N/c1-21-14(5-8-4-9(16)2-3-11(8)18)15-12(19)6-10(17)7-13(15)20/h2-4,6-7,14,21H,5H2,1H3. The lowest BCUT2D eigenvalue weighted by atomic mass is 9.97. The van der Waals surface area contributed by atoms with E-state index < -0.39 is 40.7 Å². The van der Waals surface area contributed by atoms with Gasteiger partial charge in [0, 0.05) is 23.7 Å². The van der Waals surface area contributed by atoms with E-state index in [1.54, 1.807) is 0 Å². The average Bonchev–Trinajstić information content (AvgIpc) is 2.40. The maximum atomic E-state index is 13.7. The van der Waals surface area contributed by atoms with Crippen molar-refractivity contribution >= 4 is 0 Å². The molecule has 2 aromatic carbocycles. The summed E-state index contributed by atoms with van der Waals surface area (Å²) in [6.07, 6.45) is -0.181. The zero-order valence-electron chi connectivity index (χ0n) is 11.1. The quantitative estimate of drug-likeness (QED) is 0.845. The van der Waals surface area contributed by atoms with Crippen molar-refractivity contribution in [3.05, 3.63) is 70.5 Å². The normalized spacial score (nSPS) is 12.5. The van der Waals surface area contributed by atoms with Gasteiger partial charge in [0.2, 0.25) is 0 Å². The van der Waals surface area contributed by atoms with E-state index in [4.69, 9.17) is 0 Å². The molecule has 1 nitrogen and oxygen atoms in total. The summed E-state index contributed by atoms with van der Waals surface area (Å²) in [6.45, 7) is 0. The second kappa shape index (κ2) is 6.22. The van der Waals surface area contributed by atoms with Crippen molar-refractivity contribution in [3.63, 3.8) is 0 Å². The fourth-order valence-electron chi connectivity index (χ4n) is 2.15. The summed E-state index contributed by atoms with van der Waals surface area (Å²) in [7, 11) is 1.42. The molecule has 0 aromatic heterocycles. The van der Waals surface area contributed by atoms with Crippen molar-refractivity contribution in [2.75, 3.05) is 7.05 Å². The first-order valence-electron chi connectivity index (χ1n) is 6.18. The van der Waals surface area contributed by atoms with Crippen LogP contribution in [0.2, 0.25) is 0 Å². The Kier molecular flexibility index (Phi) is 4.57. The van der Waals surface area contributed by atoms with Crippen LogP contribution >= 0.6 is 0 Å². The maximum absolute atomic E-state index is 13.7. The van der Waals surface area contributed by atoms with Crippen LogP contribution in [0.3, 0.4) is 0 Å². The molecular formula is C15H12F5N. The van der Waals surface area contributed by atoms with E-state index >= 15 is 0 Å². The Hall–Kier alpha value is -1.95. The summed E-state index contributed by atoms with van der Waals surface area (Å²) < 4.78 is 67.1. The van der Waals surface area contributed by atoms with Crippen LogP contribution in [0.1, 0.15) is 17.2 Å². The average molecular weight is 301 g/mol. The Balaban J connectivity index is 2.39. The third-order valence-corrected chi connectivity index (χ3v) is 3.17. The highest BCUT2D eigenvalue weighted by Gasteiger charge is 2.22. The zero-order valence-corrected chi connectivity index (χ0v) is 11.1. The molecule has 1 unspecified atom stereocenters. The summed E-state index contributed by atoms with van der Waals surface area (Å²) in [5.41, 5.74) is -0.444. The highest BCUT2D eigenvalue weighted by atomic mass is 19.2. The maximum Gasteiger partial charge on any atom is 0.133 e. The van der Waals surface area contributed by atoms with Gasteiger partial charge >= 0.3 is 0 Å². The predicted octanol–water partition coefficient (Wildman–Crippen LogP) is 3.89. The van der Waals surface area contributed by atoms with Crippen LogP contribution in [0.15, 0.2) is 30.3 Å². The molecule has 0 aliphatic carbocycles. The Labute approximate surface area is 118 Å². The second-order valence-electron chi connectivity index (χ2n) is 4.56. The zero-order chi connectivity index (χ0) is 15.6. The fourth-order valence-corrected chi connectivity index (χ4v) is 2.15. The molecule has 0 amide bonds. The van der Waals surface area contributed by atoms with Crippen molar-refractivity contribution in [2.24, 2.45) is 0 Å². The van der Waals surface area contributed by atoms with E-state index in [-0.39, 0.29) is 12.0 Å². The Bertz CT molecular complexity index is 634. The molecule has 2 aromatic rings. The fraction of sp³-hybridized carbons (Fsp3) is 0.200. The van der Waals surface area contributed by atoms with E-state index in [0.717, 1.165) is 18.2 Å². The van der Waals surface area contributed by atoms with E-state index in [0.29, 0.717) is 12.1 Å². The van der Waals surface area contributed by atoms with Gasteiger partial charge in [-0.15, -0.1) is 0 Å². The summed E-state index contributed by atoms with van der Waals surface area (Å²) in [5.74, 6) is -4.53. The molecule has 0 saturated heterocycles. The number of likely N-dealkylation sites (N-methyl/N-ethyl adjacent to an activating group) is 1. The minimum Gasteiger partial charge on any atom is -0.313 e. The summed E-state index contributed by atoms with van der Waals surface area (Å²) in [6, 6.07) is 2.98. The van der Waals surface area contributed by atoms with Gasteiger partial charge in [-0.1, -0.05) is 0 Å². The molecule has 0 radical (unpaired) electrons. The van der Waals surface area contributed by atoms with Crippen molar-refractivity contribution < 1.29 is 22.0 Å². The number of hydrogen-bond donors (Lipinski definition) is 1. The lowest BCUT2D eigenvalue weighted by molar-refractivity contribution is 0.468. The number of nitrogens with one attached hydrogen (secondary N) is 1. The van der Waals surface area contributed by atoms with Gasteiger partial charge in [0.25, 0.3) is 0 Å². The molecule has 0 aliphatic rings. The van der Waals surface area contributed by atoms with Gasteiger partial charge in [-0.05, 0) is 37.2 Å². The van der Waals surface area contributed by atoms with Gasteiger partial charge in [-0.2, -0.15) is 0 Å². The van der Waals surface area contributed by atoms with Gasteiger partial charge in [-0.25, -0.2) is 22.0 Å². The van der Waals surface area contributed by atoms with Gasteiger partial charge in [0.15, 0.2) is 0 Å². The lowest BCUT2D eigenvalue weighted by Gasteiger charge is -2.18. The van der Waals surface area contributed by atoms with Crippen LogP contribution < -0.4 is 5.32 Å². The SMILES string of the molecule is CNC(Cc1cc(F)ccc1F)c1c(F)cc(F)cc1F. The van der Waals surface area contributed by atoms with Crippen molar-refractivity contribution in [1.29, 1.82) is 0 Å². The highest BCUT2D eigenvalue weighted by Crippen LogP contribution is 2.26. The van der Waals surface area contributed by atoms with Crippen LogP contribution in [0.25, 0.3) is 0 Å². The first-order chi connectivity index (χ1) is 9.92. The molecule has 112 valence electrons. The molecular weight excluding hydrogens is 289 g/mol. The minimum atomic E-state index is -1.08. The topological polar surface area (TPSA) is 12.0 Å². The molecule has 6 heteroatoms. The summed E-state index contributed by atoms with van der Waals surface area (Å²) in [5, 5.41) is 2.62. The van der Waals surface area contributed by atoms with Crippen LogP contribution in [-0.2, 0) is 6.42 Å². The van der Waals surface area contributed by atoms with Crippen molar-refractivity contribution in [1.82, 2.24) is 5.32 Å². The third-order valence-electron chi connectivity index (χ3n) is 3.17. The monoisotopic (exact) mass is 301 g/mol. The van der Waals surface area contributed by atoms with Crippen LogP contribution in [-0.4, -0.2) is 7.05 Å². The number of benzene rings is 2. The predicted molar refractivity (Wildman–Crippen MR) is 68.2 cm³/mol. The van der Waals surface area contributed by atoms with Crippen LogP contribution in [0.5, 0.6) is 0 Å². The second-order valence-corrected chi connectivity index (χ2v) is 4.56. The number of halogens is 5. The van der Waals surface area contributed by atoms with Gasteiger partial charge in [0.05, 0.1) is 0 Å². The number of rotatable bonds is 4. The Morgan fingerprint density at radius 1 is 0.857 bits per heavy atom. The van der Waals surface area contributed by atoms with Gasteiger partial charge in [-0.3, -0.25) is 0 Å². The van der Waals surface area contributed by atoms with Crippen molar-refractivity contribution in [2.45, 2.75) is 12.5 Å². The van der Waals surface area contributed by atoms with Crippen molar-refractivity contribution in [3.8, 4) is 0 Å². The summed E-state index contributed by atoms with van der Waals surface area (Å²) in [4.78, 5) is 0. The minimum absolute atomic E-state index is 0.0301. The third kappa shape index (κ3) is 3.39. The largest absolute Gasteiger partial charge is 0.313 e. The van der Waals surface area contributed by atoms with Gasteiger partial charge < -0.3 is 5.32 Å². The molecule has 1 N–H and O–H groups in total. The Morgan fingerprint density at radius 2 is 1.48 bits per heavy atom. The lowest BCUT2D eigenvalue weighted by Crippen LogP contribution is -2.22. The van der Waals surface area contributed by atoms with E-state index in [9.17, 15) is 22.0 Å². The number of hydrogen-bond acceptors (Lipinski definition) is 1. The Morgan fingerprint density at radius 3 is 2.05 bits per heavy atom. The summed E-state index contributed by atoms with van der Waals surface area (Å²) >= 11 is 0. The molecule has 0 bridgehead atoms. The first-order valence-corrected chi connectivity index (χ1v) is 6.18. The molecule has 2 rings (SSSR count). The molecule has 0 saturated carbocycles. The van der Waals surface area contributed by atoms with Crippen LogP contribution in [0, 0.1) is 29.1 Å². The molecule has 0 spiro atoms. The van der Waals surface area contributed by atoms with E-state index in [1.165, 1.54) is 7.05 Å². The van der Waals surface area contributed by atoms with E-state index in [2.05, 4.69) is 5.32 Å². The van der Waals surface area contributed by atoms with E-state index in [1.807, 2.05) is 0 Å². The molecule has 0 fully saturated rings. The molecule has 0 heterocycles. The highest BCUT2D eigenvalue weighted by molar-refractivity contribution is 5.28. The molecule has 1 atom stereocenters.